The lowest BCUT2D eigenvalue weighted by Gasteiger charge is -2.27. The summed E-state index contributed by atoms with van der Waals surface area (Å²) in [5, 5.41) is 2.86. The Labute approximate surface area is 116 Å². The summed E-state index contributed by atoms with van der Waals surface area (Å²) in [5.74, 6) is 0.926. The Balaban J connectivity index is 1.82. The topological polar surface area (TPSA) is 49.4 Å². The number of nitrogens with zero attached hydrogens (tertiary/aromatic N) is 1. The maximum Gasteiger partial charge on any atom is 0.324 e. The van der Waals surface area contributed by atoms with Gasteiger partial charge < -0.3 is 5.32 Å². The van der Waals surface area contributed by atoms with Crippen LogP contribution in [-0.4, -0.2) is 35.2 Å². The van der Waals surface area contributed by atoms with Crippen LogP contribution in [0, 0.1) is 0 Å². The number of carbonyl (C=O) groups excluding carboxylic acids is 2. The molecule has 4 nitrogen and oxygen atoms in total. The van der Waals surface area contributed by atoms with Crippen LogP contribution in [0.5, 0.6) is 0 Å². The number of thioether (sulfide) groups is 1. The predicted octanol–water partition coefficient (Wildman–Crippen LogP) is 1.96. The van der Waals surface area contributed by atoms with E-state index in [9.17, 15) is 9.59 Å². The first-order valence-electron chi connectivity index (χ1n) is 6.48. The zero-order valence-corrected chi connectivity index (χ0v) is 11.6. The molecule has 5 heteroatoms. The van der Waals surface area contributed by atoms with Gasteiger partial charge in [0.15, 0.2) is 0 Å². The molecule has 1 N–H and O–H groups in total. The lowest BCUT2D eigenvalue weighted by atomic mass is 10.0. The van der Waals surface area contributed by atoms with Crippen molar-refractivity contribution in [2.24, 2.45) is 0 Å². The standard InChI is InChI=1S/C14H16N2O2S/c1-9-13(17)16(14(18)15-9)8-12-11-5-3-2-4-10(11)6-7-19-12/h2-5,9,12H,6-8H2,1H3,(H,15,18)/t9-,12?/m1/s1. The monoisotopic (exact) mass is 276 g/mol. The Morgan fingerprint density at radius 2 is 2.16 bits per heavy atom. The van der Waals surface area contributed by atoms with Crippen molar-refractivity contribution < 1.29 is 9.59 Å². The van der Waals surface area contributed by atoms with Crippen molar-refractivity contribution >= 4 is 23.7 Å². The van der Waals surface area contributed by atoms with Crippen molar-refractivity contribution in [2.75, 3.05) is 12.3 Å². The van der Waals surface area contributed by atoms with E-state index in [4.69, 9.17) is 0 Å². The normalized spacial score (nSPS) is 26.3. The van der Waals surface area contributed by atoms with Crippen LogP contribution in [-0.2, 0) is 11.2 Å². The molecule has 0 aliphatic carbocycles. The van der Waals surface area contributed by atoms with Gasteiger partial charge in [0.05, 0.1) is 0 Å². The number of hydrogen-bond acceptors (Lipinski definition) is 3. The predicted molar refractivity (Wildman–Crippen MR) is 75.1 cm³/mol. The molecule has 2 aliphatic heterocycles. The number of benzene rings is 1. The van der Waals surface area contributed by atoms with Gasteiger partial charge in [0.1, 0.15) is 6.04 Å². The highest BCUT2D eigenvalue weighted by atomic mass is 32.2. The zero-order valence-electron chi connectivity index (χ0n) is 10.8. The van der Waals surface area contributed by atoms with Gasteiger partial charge in [0.2, 0.25) is 0 Å². The second-order valence-electron chi connectivity index (χ2n) is 4.93. The largest absolute Gasteiger partial charge is 0.326 e. The third-order valence-corrected chi connectivity index (χ3v) is 4.91. The first-order chi connectivity index (χ1) is 9.16. The van der Waals surface area contributed by atoms with Crippen molar-refractivity contribution in [3.05, 3.63) is 35.4 Å². The summed E-state index contributed by atoms with van der Waals surface area (Å²) in [6.45, 7) is 2.19. The molecule has 3 amide bonds. The van der Waals surface area contributed by atoms with E-state index in [1.807, 2.05) is 23.9 Å². The molecule has 19 heavy (non-hydrogen) atoms. The van der Waals surface area contributed by atoms with E-state index in [-0.39, 0.29) is 17.2 Å². The summed E-state index contributed by atoms with van der Waals surface area (Å²) < 4.78 is 0. The maximum atomic E-state index is 11.9. The Morgan fingerprint density at radius 1 is 1.37 bits per heavy atom. The number of hydrogen-bond donors (Lipinski definition) is 1. The van der Waals surface area contributed by atoms with Crippen LogP contribution < -0.4 is 5.32 Å². The zero-order chi connectivity index (χ0) is 13.4. The lowest BCUT2D eigenvalue weighted by Crippen LogP contribution is -2.35. The molecule has 0 saturated carbocycles. The maximum absolute atomic E-state index is 11.9. The molecular weight excluding hydrogens is 260 g/mol. The van der Waals surface area contributed by atoms with E-state index in [0.29, 0.717) is 6.54 Å². The second-order valence-corrected chi connectivity index (χ2v) is 6.24. The second kappa shape index (κ2) is 4.89. The summed E-state index contributed by atoms with van der Waals surface area (Å²) in [5.41, 5.74) is 2.60. The van der Waals surface area contributed by atoms with E-state index < -0.39 is 6.04 Å². The highest BCUT2D eigenvalue weighted by Crippen LogP contribution is 2.37. The van der Waals surface area contributed by atoms with Crippen LogP contribution in [0.25, 0.3) is 0 Å². The van der Waals surface area contributed by atoms with Crippen LogP contribution in [0.1, 0.15) is 23.3 Å². The molecule has 0 spiro atoms. The first kappa shape index (κ1) is 12.5. The molecule has 1 unspecified atom stereocenters. The van der Waals surface area contributed by atoms with Gasteiger partial charge in [-0.3, -0.25) is 9.69 Å². The van der Waals surface area contributed by atoms with Crippen LogP contribution in [0.4, 0.5) is 4.79 Å². The van der Waals surface area contributed by atoms with Gasteiger partial charge in [-0.15, -0.1) is 0 Å². The van der Waals surface area contributed by atoms with Crippen molar-refractivity contribution in [3.63, 3.8) is 0 Å². The minimum atomic E-state index is -0.392. The van der Waals surface area contributed by atoms with E-state index in [1.165, 1.54) is 16.0 Å². The molecule has 2 aliphatic rings. The average Bonchev–Trinajstić information content (AvgIpc) is 2.66. The molecular formula is C14H16N2O2S. The van der Waals surface area contributed by atoms with Gasteiger partial charge in [-0.25, -0.2) is 4.79 Å². The van der Waals surface area contributed by atoms with Crippen molar-refractivity contribution in [1.82, 2.24) is 10.2 Å². The van der Waals surface area contributed by atoms with Gasteiger partial charge >= 0.3 is 6.03 Å². The number of nitrogens with one attached hydrogen (secondary N) is 1. The quantitative estimate of drug-likeness (QED) is 0.840. The van der Waals surface area contributed by atoms with Gasteiger partial charge in [-0.1, -0.05) is 24.3 Å². The first-order valence-corrected chi connectivity index (χ1v) is 7.53. The number of aryl methyl sites for hydroxylation is 1. The molecule has 1 aromatic rings. The minimum absolute atomic E-state index is 0.117. The van der Waals surface area contributed by atoms with Crippen LogP contribution in [0.3, 0.4) is 0 Å². The summed E-state index contributed by atoms with van der Waals surface area (Å²) in [6, 6.07) is 7.65. The number of amides is 3. The molecule has 1 aromatic carbocycles. The molecule has 3 rings (SSSR count). The third kappa shape index (κ3) is 2.23. The third-order valence-electron chi connectivity index (χ3n) is 3.66. The molecule has 0 aromatic heterocycles. The van der Waals surface area contributed by atoms with E-state index in [2.05, 4.69) is 17.4 Å². The summed E-state index contributed by atoms with van der Waals surface area (Å²) in [4.78, 5) is 25.1. The van der Waals surface area contributed by atoms with E-state index in [1.54, 1.807) is 6.92 Å². The molecule has 1 saturated heterocycles. The van der Waals surface area contributed by atoms with Gasteiger partial charge in [-0.2, -0.15) is 11.8 Å². The van der Waals surface area contributed by atoms with Crippen molar-refractivity contribution in [3.8, 4) is 0 Å². The fourth-order valence-corrected chi connectivity index (χ4v) is 3.91. The Hall–Kier alpha value is -1.49. The van der Waals surface area contributed by atoms with Crippen molar-refractivity contribution in [2.45, 2.75) is 24.6 Å². The van der Waals surface area contributed by atoms with Crippen molar-refractivity contribution in [1.29, 1.82) is 0 Å². The van der Waals surface area contributed by atoms with Crippen LogP contribution in [0.15, 0.2) is 24.3 Å². The summed E-state index contributed by atoms with van der Waals surface area (Å²) >= 11 is 1.82. The van der Waals surface area contributed by atoms with E-state index in [0.717, 1.165) is 12.2 Å². The fraction of sp³-hybridized carbons (Fsp3) is 0.429. The van der Waals surface area contributed by atoms with Crippen LogP contribution >= 0.6 is 11.8 Å². The van der Waals surface area contributed by atoms with Crippen LogP contribution in [0.2, 0.25) is 0 Å². The van der Waals surface area contributed by atoms with Gasteiger partial charge in [0, 0.05) is 11.8 Å². The number of imide groups is 1. The van der Waals surface area contributed by atoms with Gasteiger partial charge in [-0.05, 0) is 30.2 Å². The fourth-order valence-electron chi connectivity index (χ4n) is 2.63. The SMILES string of the molecule is C[C@H]1NC(=O)N(CC2SCCc3ccccc32)C1=O. The van der Waals surface area contributed by atoms with Gasteiger partial charge in [0.25, 0.3) is 5.91 Å². The number of fused-ring (bicyclic) bond motifs is 1. The smallest absolute Gasteiger partial charge is 0.324 e. The van der Waals surface area contributed by atoms with E-state index >= 15 is 0 Å². The molecule has 2 heterocycles. The Kier molecular flexibility index (Phi) is 3.22. The average molecular weight is 276 g/mol. The molecule has 0 radical (unpaired) electrons. The summed E-state index contributed by atoms with van der Waals surface area (Å²) in [7, 11) is 0. The highest BCUT2D eigenvalue weighted by Gasteiger charge is 2.37. The number of rotatable bonds is 2. The molecule has 1 fully saturated rings. The molecule has 100 valence electrons. The lowest BCUT2D eigenvalue weighted by molar-refractivity contribution is -0.127. The highest BCUT2D eigenvalue weighted by molar-refractivity contribution is 7.99. The minimum Gasteiger partial charge on any atom is -0.326 e. The number of urea groups is 1. The Morgan fingerprint density at radius 3 is 2.89 bits per heavy atom. The Bertz CT molecular complexity index is 532. The summed E-state index contributed by atoms with van der Waals surface area (Å²) in [6.07, 6.45) is 1.06. The number of carbonyl (C=O) groups is 2. The molecule has 0 bridgehead atoms. The molecule has 2 atom stereocenters.